The Hall–Kier alpha value is -3.58. The van der Waals surface area contributed by atoms with E-state index in [1.165, 1.54) is 5.56 Å². The van der Waals surface area contributed by atoms with Gasteiger partial charge in [-0.2, -0.15) is 0 Å². The van der Waals surface area contributed by atoms with Crippen LogP contribution in [0.15, 0.2) is 127 Å². The molecule has 5 rings (SSSR count). The molecule has 1 unspecified atom stereocenters. The minimum atomic E-state index is -0.616. The SMILES string of the molecule is C1=C(c2ccccc2)OC(c2ccccc2)(c2ccccc2)C1c1ccccc1. The second-order valence-corrected chi connectivity index (χ2v) is 7.36. The van der Waals surface area contributed by atoms with Crippen molar-refractivity contribution in [3.8, 4) is 0 Å². The highest BCUT2D eigenvalue weighted by Gasteiger charge is 2.49. The predicted molar refractivity (Wildman–Crippen MR) is 118 cm³/mol. The molecule has 0 saturated heterocycles. The topological polar surface area (TPSA) is 9.23 Å². The summed E-state index contributed by atoms with van der Waals surface area (Å²) >= 11 is 0. The van der Waals surface area contributed by atoms with Crippen molar-refractivity contribution in [2.24, 2.45) is 0 Å². The van der Waals surface area contributed by atoms with Gasteiger partial charge in [-0.05, 0) is 11.6 Å². The van der Waals surface area contributed by atoms with Gasteiger partial charge < -0.3 is 4.74 Å². The third-order valence-electron chi connectivity index (χ3n) is 5.65. The van der Waals surface area contributed by atoms with E-state index in [2.05, 4.69) is 121 Å². The van der Waals surface area contributed by atoms with Crippen LogP contribution < -0.4 is 0 Å². The zero-order chi connectivity index (χ0) is 19.5. The Bertz CT molecular complexity index is 1060. The van der Waals surface area contributed by atoms with Crippen LogP contribution in [0.3, 0.4) is 0 Å². The molecule has 4 aromatic rings. The van der Waals surface area contributed by atoms with Gasteiger partial charge in [0.25, 0.3) is 0 Å². The van der Waals surface area contributed by atoms with Gasteiger partial charge in [-0.15, -0.1) is 0 Å². The van der Waals surface area contributed by atoms with E-state index in [0.29, 0.717) is 0 Å². The summed E-state index contributed by atoms with van der Waals surface area (Å²) in [4.78, 5) is 0. The van der Waals surface area contributed by atoms with Crippen molar-refractivity contribution in [3.05, 3.63) is 150 Å². The number of benzene rings is 4. The Kier molecular flexibility index (Phi) is 4.50. The van der Waals surface area contributed by atoms with Gasteiger partial charge in [0.2, 0.25) is 0 Å². The Morgan fingerprint density at radius 3 is 1.48 bits per heavy atom. The van der Waals surface area contributed by atoms with E-state index >= 15 is 0 Å². The Morgan fingerprint density at radius 1 is 0.517 bits per heavy atom. The van der Waals surface area contributed by atoms with Crippen LogP contribution in [-0.2, 0) is 10.3 Å². The van der Waals surface area contributed by atoms with Crippen LogP contribution in [0.5, 0.6) is 0 Å². The quantitative estimate of drug-likeness (QED) is 0.382. The number of rotatable bonds is 4. The van der Waals surface area contributed by atoms with Crippen molar-refractivity contribution in [1.82, 2.24) is 0 Å². The molecule has 1 nitrogen and oxygen atoms in total. The fourth-order valence-corrected chi connectivity index (χ4v) is 4.30. The summed E-state index contributed by atoms with van der Waals surface area (Å²) in [6, 6.07) is 42.2. The summed E-state index contributed by atoms with van der Waals surface area (Å²) in [5.41, 5.74) is 4.03. The van der Waals surface area contributed by atoms with Gasteiger partial charge in [0.05, 0.1) is 5.92 Å². The van der Waals surface area contributed by atoms with E-state index in [9.17, 15) is 0 Å². The van der Waals surface area contributed by atoms with Crippen molar-refractivity contribution in [3.63, 3.8) is 0 Å². The third-order valence-corrected chi connectivity index (χ3v) is 5.65. The maximum absolute atomic E-state index is 6.94. The average molecular weight is 374 g/mol. The lowest BCUT2D eigenvalue weighted by Crippen LogP contribution is -2.33. The lowest BCUT2D eigenvalue weighted by Gasteiger charge is -2.36. The van der Waals surface area contributed by atoms with Gasteiger partial charge in [0.15, 0.2) is 5.60 Å². The molecule has 4 aromatic carbocycles. The maximum atomic E-state index is 6.94. The second-order valence-electron chi connectivity index (χ2n) is 7.36. The standard InChI is InChI=1S/C28H22O/c1-5-13-22(14-6-1)26-21-27(23-15-7-2-8-16-23)29-28(26,24-17-9-3-10-18-24)25-19-11-4-12-20-25/h1-21,26H. The van der Waals surface area contributed by atoms with Crippen LogP contribution >= 0.6 is 0 Å². The molecule has 0 fully saturated rings. The van der Waals surface area contributed by atoms with Crippen molar-refractivity contribution in [2.75, 3.05) is 0 Å². The van der Waals surface area contributed by atoms with Crippen LogP contribution in [-0.4, -0.2) is 0 Å². The zero-order valence-electron chi connectivity index (χ0n) is 16.1. The maximum Gasteiger partial charge on any atom is 0.169 e. The molecule has 0 aliphatic carbocycles. The summed E-state index contributed by atoms with van der Waals surface area (Å²) < 4.78 is 6.94. The molecule has 0 spiro atoms. The van der Waals surface area contributed by atoms with Crippen molar-refractivity contribution < 1.29 is 4.74 Å². The predicted octanol–water partition coefficient (Wildman–Crippen LogP) is 6.79. The average Bonchev–Trinajstić information content (AvgIpc) is 3.23. The molecule has 140 valence electrons. The molecule has 1 heteroatoms. The molecule has 0 radical (unpaired) electrons. The van der Waals surface area contributed by atoms with Gasteiger partial charge >= 0.3 is 0 Å². The minimum absolute atomic E-state index is 0.0590. The number of ether oxygens (including phenoxy) is 1. The number of hydrogen-bond donors (Lipinski definition) is 0. The molecule has 0 amide bonds. The molecule has 1 aliphatic rings. The molecular weight excluding hydrogens is 352 g/mol. The summed E-state index contributed by atoms with van der Waals surface area (Å²) in [7, 11) is 0. The molecule has 1 heterocycles. The van der Waals surface area contributed by atoms with Crippen LogP contribution in [0.2, 0.25) is 0 Å². The van der Waals surface area contributed by atoms with E-state index in [0.717, 1.165) is 22.4 Å². The van der Waals surface area contributed by atoms with Gasteiger partial charge in [0, 0.05) is 16.7 Å². The first-order chi connectivity index (χ1) is 14.4. The Balaban J connectivity index is 1.76. The van der Waals surface area contributed by atoms with E-state index in [1.54, 1.807) is 0 Å². The molecule has 1 atom stereocenters. The largest absolute Gasteiger partial charge is 0.477 e. The van der Waals surface area contributed by atoms with E-state index in [1.807, 2.05) is 6.07 Å². The number of hydrogen-bond acceptors (Lipinski definition) is 1. The van der Waals surface area contributed by atoms with Crippen LogP contribution in [0.4, 0.5) is 0 Å². The van der Waals surface area contributed by atoms with Gasteiger partial charge in [-0.1, -0.05) is 121 Å². The van der Waals surface area contributed by atoms with Crippen LogP contribution in [0, 0.1) is 0 Å². The highest BCUT2D eigenvalue weighted by atomic mass is 16.5. The molecular formula is C28H22O. The highest BCUT2D eigenvalue weighted by Crippen LogP contribution is 2.54. The first kappa shape index (κ1) is 17.5. The molecule has 1 aliphatic heterocycles. The van der Waals surface area contributed by atoms with E-state index < -0.39 is 5.60 Å². The first-order valence-electron chi connectivity index (χ1n) is 10.0. The molecule has 29 heavy (non-hydrogen) atoms. The van der Waals surface area contributed by atoms with Crippen molar-refractivity contribution in [2.45, 2.75) is 11.5 Å². The smallest absolute Gasteiger partial charge is 0.169 e. The van der Waals surface area contributed by atoms with Gasteiger partial charge in [-0.25, -0.2) is 0 Å². The molecule has 0 saturated carbocycles. The van der Waals surface area contributed by atoms with E-state index in [4.69, 9.17) is 4.74 Å². The van der Waals surface area contributed by atoms with E-state index in [-0.39, 0.29) is 5.92 Å². The summed E-state index contributed by atoms with van der Waals surface area (Å²) in [5, 5.41) is 0. The third kappa shape index (κ3) is 3.05. The first-order valence-corrected chi connectivity index (χ1v) is 10.0. The molecule has 0 N–H and O–H groups in total. The second kappa shape index (κ2) is 7.44. The lowest BCUT2D eigenvalue weighted by molar-refractivity contribution is 0.0845. The normalized spacial score (nSPS) is 17.4. The molecule has 0 bridgehead atoms. The lowest BCUT2D eigenvalue weighted by atomic mass is 9.74. The summed E-state index contributed by atoms with van der Waals surface area (Å²) in [6.45, 7) is 0. The summed E-state index contributed by atoms with van der Waals surface area (Å²) in [5.74, 6) is 0.982. The van der Waals surface area contributed by atoms with Crippen molar-refractivity contribution >= 4 is 5.76 Å². The highest BCUT2D eigenvalue weighted by molar-refractivity contribution is 5.67. The van der Waals surface area contributed by atoms with Crippen molar-refractivity contribution in [1.29, 1.82) is 0 Å². The zero-order valence-corrected chi connectivity index (χ0v) is 16.1. The Labute approximate surface area is 171 Å². The van der Waals surface area contributed by atoms with Crippen LogP contribution in [0.25, 0.3) is 5.76 Å². The monoisotopic (exact) mass is 374 g/mol. The van der Waals surface area contributed by atoms with Gasteiger partial charge in [-0.3, -0.25) is 0 Å². The Morgan fingerprint density at radius 2 is 0.966 bits per heavy atom. The van der Waals surface area contributed by atoms with Gasteiger partial charge in [0.1, 0.15) is 5.76 Å². The fourth-order valence-electron chi connectivity index (χ4n) is 4.30. The fraction of sp³-hybridized carbons (Fsp3) is 0.0714. The summed E-state index contributed by atoms with van der Waals surface area (Å²) in [6.07, 6.45) is 2.28. The van der Waals surface area contributed by atoms with Crippen LogP contribution in [0.1, 0.15) is 28.2 Å². The molecule has 0 aromatic heterocycles. The minimum Gasteiger partial charge on any atom is -0.477 e.